The summed E-state index contributed by atoms with van der Waals surface area (Å²) in [6.45, 7) is 1.80. The van der Waals surface area contributed by atoms with Crippen LogP contribution in [0, 0.1) is 5.82 Å². The van der Waals surface area contributed by atoms with Crippen LogP contribution in [0.3, 0.4) is 0 Å². The molecular weight excluding hydrogens is 395 g/mol. The summed E-state index contributed by atoms with van der Waals surface area (Å²) in [6, 6.07) is 17.7. The molecule has 2 aromatic carbocycles. The number of para-hydroxylation sites is 1. The Labute approximate surface area is 180 Å². The summed E-state index contributed by atoms with van der Waals surface area (Å²) < 4.78 is 13.8. The van der Waals surface area contributed by atoms with Crippen molar-refractivity contribution in [3.8, 4) is 0 Å². The van der Waals surface area contributed by atoms with Gasteiger partial charge in [-0.05, 0) is 41.3 Å². The van der Waals surface area contributed by atoms with Crippen LogP contribution >= 0.6 is 0 Å². The van der Waals surface area contributed by atoms with E-state index in [4.69, 9.17) is 0 Å². The molecular formula is C24H23FN4O2. The van der Waals surface area contributed by atoms with Gasteiger partial charge >= 0.3 is 11.8 Å². The van der Waals surface area contributed by atoms with Crippen molar-refractivity contribution < 1.29 is 14.0 Å². The molecule has 1 aromatic heterocycles. The van der Waals surface area contributed by atoms with Gasteiger partial charge in [0.25, 0.3) is 0 Å². The Balaban J connectivity index is 1.45. The SMILES string of the molecule is O=C(NC[C@@H](c1cccnc1)N1CCc2ccccc2C1)C(=O)Nc1ccccc1F. The molecule has 1 aliphatic rings. The summed E-state index contributed by atoms with van der Waals surface area (Å²) in [7, 11) is 0. The van der Waals surface area contributed by atoms with E-state index < -0.39 is 17.6 Å². The summed E-state index contributed by atoms with van der Waals surface area (Å²) >= 11 is 0. The van der Waals surface area contributed by atoms with Crippen LogP contribution in [-0.4, -0.2) is 34.8 Å². The maximum absolute atomic E-state index is 13.8. The number of anilines is 1. The maximum atomic E-state index is 13.8. The lowest BCUT2D eigenvalue weighted by molar-refractivity contribution is -0.136. The van der Waals surface area contributed by atoms with Gasteiger partial charge in [0.15, 0.2) is 0 Å². The zero-order valence-electron chi connectivity index (χ0n) is 16.9. The predicted molar refractivity (Wildman–Crippen MR) is 116 cm³/mol. The van der Waals surface area contributed by atoms with E-state index in [0.29, 0.717) is 0 Å². The van der Waals surface area contributed by atoms with Crippen molar-refractivity contribution in [3.63, 3.8) is 0 Å². The molecule has 0 radical (unpaired) electrons. The first-order valence-corrected chi connectivity index (χ1v) is 10.2. The van der Waals surface area contributed by atoms with Gasteiger partial charge in [-0.25, -0.2) is 4.39 Å². The highest BCUT2D eigenvalue weighted by Crippen LogP contribution is 2.27. The first kappa shape index (κ1) is 20.7. The van der Waals surface area contributed by atoms with E-state index >= 15 is 0 Å². The Bertz CT molecular complexity index is 1070. The lowest BCUT2D eigenvalue weighted by Crippen LogP contribution is -2.43. The summed E-state index contributed by atoms with van der Waals surface area (Å²) in [5, 5.41) is 5.01. The lowest BCUT2D eigenvalue weighted by Gasteiger charge is -2.35. The third kappa shape index (κ3) is 4.95. The second kappa shape index (κ2) is 9.49. The van der Waals surface area contributed by atoms with E-state index in [1.807, 2.05) is 24.3 Å². The van der Waals surface area contributed by atoms with Crippen LogP contribution in [0.1, 0.15) is 22.7 Å². The minimum atomic E-state index is -0.904. The molecule has 0 spiro atoms. The van der Waals surface area contributed by atoms with Gasteiger partial charge in [0.1, 0.15) is 5.82 Å². The molecule has 0 aliphatic carbocycles. The van der Waals surface area contributed by atoms with Crippen LogP contribution in [-0.2, 0) is 22.6 Å². The van der Waals surface area contributed by atoms with E-state index in [0.717, 1.165) is 25.1 Å². The fraction of sp³-hybridized carbons (Fsp3) is 0.208. The number of hydrogen-bond acceptors (Lipinski definition) is 4. The number of carbonyl (C=O) groups excluding carboxylic acids is 2. The molecule has 0 unspecified atom stereocenters. The van der Waals surface area contributed by atoms with Crippen LogP contribution in [0.15, 0.2) is 73.1 Å². The molecule has 158 valence electrons. The lowest BCUT2D eigenvalue weighted by atomic mass is 9.97. The molecule has 4 rings (SSSR count). The van der Waals surface area contributed by atoms with Crippen molar-refractivity contribution in [3.05, 3.63) is 95.6 Å². The van der Waals surface area contributed by atoms with Crippen molar-refractivity contribution in [1.29, 1.82) is 0 Å². The van der Waals surface area contributed by atoms with Gasteiger partial charge in [-0.15, -0.1) is 0 Å². The van der Waals surface area contributed by atoms with Gasteiger partial charge in [0.2, 0.25) is 0 Å². The summed E-state index contributed by atoms with van der Waals surface area (Å²) in [4.78, 5) is 31.1. The number of rotatable bonds is 5. The Morgan fingerprint density at radius 1 is 1.00 bits per heavy atom. The first-order chi connectivity index (χ1) is 15.1. The van der Waals surface area contributed by atoms with Gasteiger partial charge in [-0.1, -0.05) is 42.5 Å². The van der Waals surface area contributed by atoms with E-state index in [1.165, 1.54) is 29.3 Å². The minimum Gasteiger partial charge on any atom is -0.346 e. The molecule has 2 heterocycles. The van der Waals surface area contributed by atoms with E-state index in [9.17, 15) is 14.0 Å². The molecule has 0 fully saturated rings. The summed E-state index contributed by atoms with van der Waals surface area (Å²) in [6.07, 6.45) is 4.39. The van der Waals surface area contributed by atoms with Crippen LogP contribution in [0.25, 0.3) is 0 Å². The number of benzene rings is 2. The maximum Gasteiger partial charge on any atom is 0.313 e. The van der Waals surface area contributed by atoms with Crippen LogP contribution in [0.5, 0.6) is 0 Å². The normalized spacial score (nSPS) is 14.4. The number of fused-ring (bicyclic) bond motifs is 1. The number of aromatic nitrogens is 1. The zero-order chi connectivity index (χ0) is 21.6. The van der Waals surface area contributed by atoms with Gasteiger partial charge in [-0.2, -0.15) is 0 Å². The Kier molecular flexibility index (Phi) is 6.33. The van der Waals surface area contributed by atoms with Gasteiger partial charge in [-0.3, -0.25) is 19.5 Å². The molecule has 0 bridgehead atoms. The Hall–Kier alpha value is -3.58. The molecule has 2 amide bonds. The van der Waals surface area contributed by atoms with Crippen LogP contribution in [0.4, 0.5) is 10.1 Å². The number of nitrogens with one attached hydrogen (secondary N) is 2. The molecule has 31 heavy (non-hydrogen) atoms. The minimum absolute atomic E-state index is 0.0286. The standard InChI is InChI=1S/C24H23FN4O2/c25-20-9-3-4-10-21(20)28-24(31)23(30)27-15-22(18-8-5-12-26-14-18)29-13-11-17-6-1-2-7-19(17)16-29/h1-10,12,14,22H,11,13,15-16H2,(H,27,30)(H,28,31)/t22-/m0/s1. The number of halogens is 1. The van der Waals surface area contributed by atoms with E-state index in [1.54, 1.807) is 18.5 Å². The highest BCUT2D eigenvalue weighted by atomic mass is 19.1. The summed E-state index contributed by atoms with van der Waals surface area (Å²) in [5.74, 6) is -2.31. The van der Waals surface area contributed by atoms with E-state index in [-0.39, 0.29) is 18.3 Å². The topological polar surface area (TPSA) is 74.3 Å². The monoisotopic (exact) mass is 418 g/mol. The molecule has 6 nitrogen and oxygen atoms in total. The average molecular weight is 418 g/mol. The average Bonchev–Trinajstić information content (AvgIpc) is 2.81. The second-order valence-corrected chi connectivity index (χ2v) is 7.44. The quantitative estimate of drug-likeness (QED) is 0.625. The number of nitrogens with zero attached hydrogens (tertiary/aromatic N) is 2. The van der Waals surface area contributed by atoms with Crippen LogP contribution in [0.2, 0.25) is 0 Å². The van der Waals surface area contributed by atoms with Gasteiger partial charge in [0.05, 0.1) is 11.7 Å². The zero-order valence-corrected chi connectivity index (χ0v) is 16.9. The fourth-order valence-electron chi connectivity index (χ4n) is 3.83. The van der Waals surface area contributed by atoms with Gasteiger partial charge in [0, 0.05) is 32.0 Å². The molecule has 1 atom stereocenters. The number of carbonyl (C=O) groups is 2. The largest absolute Gasteiger partial charge is 0.346 e. The van der Waals surface area contributed by atoms with Crippen molar-refractivity contribution >= 4 is 17.5 Å². The highest BCUT2D eigenvalue weighted by Gasteiger charge is 2.26. The third-order valence-electron chi connectivity index (χ3n) is 5.45. The van der Waals surface area contributed by atoms with Crippen molar-refractivity contribution in [2.24, 2.45) is 0 Å². The number of amides is 2. The highest BCUT2D eigenvalue weighted by molar-refractivity contribution is 6.39. The van der Waals surface area contributed by atoms with Crippen LogP contribution < -0.4 is 10.6 Å². The molecule has 0 saturated heterocycles. The molecule has 3 aromatic rings. The van der Waals surface area contributed by atoms with E-state index in [2.05, 4.69) is 32.7 Å². The number of hydrogen-bond donors (Lipinski definition) is 2. The second-order valence-electron chi connectivity index (χ2n) is 7.44. The van der Waals surface area contributed by atoms with Crippen molar-refractivity contribution in [1.82, 2.24) is 15.2 Å². The van der Waals surface area contributed by atoms with Crippen molar-refractivity contribution in [2.45, 2.75) is 19.0 Å². The van der Waals surface area contributed by atoms with Gasteiger partial charge < -0.3 is 10.6 Å². The third-order valence-corrected chi connectivity index (χ3v) is 5.45. The molecule has 0 saturated carbocycles. The predicted octanol–water partition coefficient (Wildman–Crippen LogP) is 3.08. The fourth-order valence-corrected chi connectivity index (χ4v) is 3.83. The summed E-state index contributed by atoms with van der Waals surface area (Å²) in [5.41, 5.74) is 3.51. The smallest absolute Gasteiger partial charge is 0.313 e. The Morgan fingerprint density at radius 3 is 2.55 bits per heavy atom. The Morgan fingerprint density at radius 2 is 1.77 bits per heavy atom. The van der Waals surface area contributed by atoms with Crippen molar-refractivity contribution in [2.75, 3.05) is 18.4 Å². The number of pyridine rings is 1. The first-order valence-electron chi connectivity index (χ1n) is 10.2. The molecule has 1 aliphatic heterocycles. The molecule has 2 N–H and O–H groups in total. The molecule has 7 heteroatoms.